The minimum absolute atomic E-state index is 0.192. The van der Waals surface area contributed by atoms with Crippen LogP contribution in [0.3, 0.4) is 0 Å². The smallest absolute Gasteiger partial charge is 0.0154 e. The summed E-state index contributed by atoms with van der Waals surface area (Å²) in [7, 11) is 0. The van der Waals surface area contributed by atoms with E-state index in [0.717, 1.165) is 5.41 Å². The summed E-state index contributed by atoms with van der Waals surface area (Å²) in [6.07, 6.45) is 18.2. The van der Waals surface area contributed by atoms with Crippen molar-refractivity contribution < 1.29 is 0 Å². The van der Waals surface area contributed by atoms with Crippen LogP contribution in [0.1, 0.15) is 83.5 Å². The molecule has 2 heteroatoms. The molecule has 1 unspecified atom stereocenters. The van der Waals surface area contributed by atoms with Crippen LogP contribution in [0.25, 0.3) is 0 Å². The number of hydrogen-bond acceptors (Lipinski definition) is 1. The van der Waals surface area contributed by atoms with Crippen molar-refractivity contribution in [3.05, 3.63) is 0 Å². The van der Waals surface area contributed by atoms with E-state index >= 15 is 0 Å². The lowest BCUT2D eigenvalue weighted by molar-refractivity contribution is 0.241. The quantitative estimate of drug-likeness (QED) is 0.405. The SMILES string of the molecule is NC1(CCCCCI)CCCC2(CCCC2)CC1. The first-order chi connectivity index (χ1) is 8.68. The summed E-state index contributed by atoms with van der Waals surface area (Å²) in [5, 5.41) is 0. The molecule has 1 atom stereocenters. The van der Waals surface area contributed by atoms with Gasteiger partial charge in [-0.1, -0.05) is 54.7 Å². The maximum atomic E-state index is 6.69. The fourth-order valence-corrected chi connectivity index (χ4v) is 4.74. The number of hydrogen-bond donors (Lipinski definition) is 1. The molecule has 0 aliphatic heterocycles. The number of halogens is 1. The Morgan fingerprint density at radius 3 is 2.22 bits per heavy atom. The van der Waals surface area contributed by atoms with Gasteiger partial charge in [-0.25, -0.2) is 0 Å². The average Bonchev–Trinajstić information content (AvgIpc) is 2.75. The molecule has 106 valence electrons. The van der Waals surface area contributed by atoms with Crippen LogP contribution in [-0.4, -0.2) is 9.97 Å². The molecule has 0 aromatic heterocycles. The van der Waals surface area contributed by atoms with E-state index in [1.165, 1.54) is 87.9 Å². The molecule has 0 aromatic rings. The van der Waals surface area contributed by atoms with E-state index in [1.54, 1.807) is 0 Å². The minimum Gasteiger partial charge on any atom is -0.325 e. The molecular formula is C16H30IN. The van der Waals surface area contributed by atoms with E-state index in [4.69, 9.17) is 5.73 Å². The van der Waals surface area contributed by atoms with Crippen LogP contribution in [0.2, 0.25) is 0 Å². The van der Waals surface area contributed by atoms with Gasteiger partial charge in [0, 0.05) is 5.54 Å². The molecule has 2 rings (SSSR count). The molecule has 18 heavy (non-hydrogen) atoms. The number of alkyl halides is 1. The zero-order valence-electron chi connectivity index (χ0n) is 11.9. The molecule has 2 saturated carbocycles. The van der Waals surface area contributed by atoms with Gasteiger partial charge in [0.2, 0.25) is 0 Å². The molecule has 1 spiro atoms. The average molecular weight is 363 g/mol. The summed E-state index contributed by atoms with van der Waals surface area (Å²) in [4.78, 5) is 0. The van der Waals surface area contributed by atoms with Gasteiger partial charge in [0.05, 0.1) is 0 Å². The lowest BCUT2D eigenvalue weighted by atomic mass is 9.78. The Labute approximate surface area is 127 Å². The molecule has 0 saturated heterocycles. The van der Waals surface area contributed by atoms with Crippen molar-refractivity contribution in [1.29, 1.82) is 0 Å². The highest BCUT2D eigenvalue weighted by molar-refractivity contribution is 14.1. The standard InChI is InChI=1S/C16H30IN/c17-14-5-1-2-10-16(18)11-6-9-15(12-13-16)7-3-4-8-15/h1-14,18H2. The Morgan fingerprint density at radius 1 is 0.778 bits per heavy atom. The Kier molecular flexibility index (Phi) is 5.80. The van der Waals surface area contributed by atoms with Crippen LogP contribution >= 0.6 is 22.6 Å². The van der Waals surface area contributed by atoms with E-state index in [1.807, 2.05) is 0 Å². The first-order valence-corrected chi connectivity index (χ1v) is 9.56. The molecule has 0 aromatic carbocycles. The topological polar surface area (TPSA) is 26.0 Å². The van der Waals surface area contributed by atoms with E-state index in [9.17, 15) is 0 Å². The summed E-state index contributed by atoms with van der Waals surface area (Å²) in [6.45, 7) is 0. The van der Waals surface area contributed by atoms with Gasteiger partial charge >= 0.3 is 0 Å². The monoisotopic (exact) mass is 363 g/mol. The maximum Gasteiger partial charge on any atom is 0.0154 e. The molecule has 0 heterocycles. The molecule has 0 amide bonds. The van der Waals surface area contributed by atoms with Crippen molar-refractivity contribution in [1.82, 2.24) is 0 Å². The normalized spacial score (nSPS) is 31.7. The van der Waals surface area contributed by atoms with Crippen molar-refractivity contribution in [3.63, 3.8) is 0 Å². The highest BCUT2D eigenvalue weighted by Crippen LogP contribution is 2.49. The summed E-state index contributed by atoms with van der Waals surface area (Å²) in [6, 6.07) is 0. The number of nitrogens with two attached hydrogens (primary N) is 1. The van der Waals surface area contributed by atoms with Crippen molar-refractivity contribution in [3.8, 4) is 0 Å². The maximum absolute atomic E-state index is 6.69. The lowest BCUT2D eigenvalue weighted by Crippen LogP contribution is -2.39. The zero-order chi connectivity index (χ0) is 12.9. The second kappa shape index (κ2) is 6.92. The van der Waals surface area contributed by atoms with Gasteiger partial charge in [-0.3, -0.25) is 0 Å². The van der Waals surface area contributed by atoms with Crippen molar-refractivity contribution in [2.24, 2.45) is 11.1 Å². The van der Waals surface area contributed by atoms with Crippen LogP contribution in [0.15, 0.2) is 0 Å². The third-order valence-electron chi connectivity index (χ3n) is 5.51. The number of rotatable bonds is 5. The predicted octanol–water partition coefficient (Wildman–Crippen LogP) is 5.20. The summed E-state index contributed by atoms with van der Waals surface area (Å²) < 4.78 is 1.30. The zero-order valence-corrected chi connectivity index (χ0v) is 14.0. The van der Waals surface area contributed by atoms with Crippen LogP contribution < -0.4 is 5.73 Å². The Bertz CT molecular complexity index is 247. The van der Waals surface area contributed by atoms with E-state index in [0.29, 0.717) is 0 Å². The van der Waals surface area contributed by atoms with Gasteiger partial charge in [-0.15, -0.1) is 0 Å². The van der Waals surface area contributed by atoms with E-state index in [2.05, 4.69) is 22.6 Å². The van der Waals surface area contributed by atoms with Gasteiger partial charge in [0.1, 0.15) is 0 Å². The molecule has 2 fully saturated rings. The highest BCUT2D eigenvalue weighted by Gasteiger charge is 2.38. The first kappa shape index (κ1) is 15.1. The Hall–Kier alpha value is 0.690. The van der Waals surface area contributed by atoms with Crippen LogP contribution in [0, 0.1) is 5.41 Å². The Balaban J connectivity index is 1.79. The molecule has 2 aliphatic carbocycles. The fraction of sp³-hybridized carbons (Fsp3) is 1.00. The third-order valence-corrected chi connectivity index (χ3v) is 6.27. The van der Waals surface area contributed by atoms with Gasteiger partial charge in [-0.2, -0.15) is 0 Å². The minimum atomic E-state index is 0.192. The summed E-state index contributed by atoms with van der Waals surface area (Å²) in [5.41, 5.74) is 7.61. The molecular weight excluding hydrogens is 333 g/mol. The van der Waals surface area contributed by atoms with Gasteiger partial charge in [-0.05, 0) is 61.2 Å². The number of unbranched alkanes of at least 4 members (excludes halogenated alkanes) is 2. The second-order valence-corrected chi connectivity index (χ2v) is 8.00. The third kappa shape index (κ3) is 4.09. The molecule has 2 N–H and O–H groups in total. The van der Waals surface area contributed by atoms with Crippen molar-refractivity contribution in [2.45, 2.75) is 89.0 Å². The van der Waals surface area contributed by atoms with Crippen LogP contribution in [0.4, 0.5) is 0 Å². The van der Waals surface area contributed by atoms with Crippen molar-refractivity contribution in [2.75, 3.05) is 4.43 Å². The Morgan fingerprint density at radius 2 is 1.50 bits per heavy atom. The van der Waals surface area contributed by atoms with E-state index in [-0.39, 0.29) is 5.54 Å². The first-order valence-electron chi connectivity index (χ1n) is 8.03. The largest absolute Gasteiger partial charge is 0.325 e. The fourth-order valence-electron chi connectivity index (χ4n) is 4.20. The van der Waals surface area contributed by atoms with Crippen molar-refractivity contribution >= 4 is 22.6 Å². The predicted molar refractivity (Wildman–Crippen MR) is 88.3 cm³/mol. The molecule has 0 radical (unpaired) electrons. The molecule has 2 aliphatic rings. The van der Waals surface area contributed by atoms with Gasteiger partial charge in [0.15, 0.2) is 0 Å². The molecule has 0 bridgehead atoms. The summed E-state index contributed by atoms with van der Waals surface area (Å²) in [5.74, 6) is 0. The lowest BCUT2D eigenvalue weighted by Gasteiger charge is -2.30. The van der Waals surface area contributed by atoms with E-state index < -0.39 is 0 Å². The van der Waals surface area contributed by atoms with Gasteiger partial charge < -0.3 is 5.73 Å². The van der Waals surface area contributed by atoms with Gasteiger partial charge in [0.25, 0.3) is 0 Å². The second-order valence-electron chi connectivity index (χ2n) is 6.92. The van der Waals surface area contributed by atoms with Crippen LogP contribution in [-0.2, 0) is 0 Å². The molecule has 1 nitrogen and oxygen atoms in total. The highest BCUT2D eigenvalue weighted by atomic mass is 127. The van der Waals surface area contributed by atoms with Crippen LogP contribution in [0.5, 0.6) is 0 Å². The summed E-state index contributed by atoms with van der Waals surface area (Å²) >= 11 is 2.48.